The van der Waals surface area contributed by atoms with E-state index < -0.39 is 0 Å². The molecule has 6 heteroatoms. The maximum Gasteiger partial charge on any atom is 0.324 e. The molecule has 128 valence electrons. The molecule has 1 aliphatic heterocycles. The molecule has 2 aromatic carbocycles. The Labute approximate surface area is 154 Å². The van der Waals surface area contributed by atoms with Crippen molar-refractivity contribution in [2.75, 3.05) is 18.4 Å². The molecule has 4 rings (SSSR count). The Morgan fingerprint density at radius 2 is 1.84 bits per heavy atom. The molecule has 0 unspecified atom stereocenters. The quantitative estimate of drug-likeness (QED) is 0.637. The van der Waals surface area contributed by atoms with Crippen molar-refractivity contribution in [3.63, 3.8) is 0 Å². The van der Waals surface area contributed by atoms with Crippen LogP contribution in [0.2, 0.25) is 0 Å². The molecule has 0 saturated carbocycles. The van der Waals surface area contributed by atoms with E-state index in [1.165, 1.54) is 6.42 Å². The van der Waals surface area contributed by atoms with Gasteiger partial charge in [0.2, 0.25) is 5.95 Å². The highest BCUT2D eigenvalue weighted by Crippen LogP contribution is 2.30. The first-order chi connectivity index (χ1) is 12.2. The highest BCUT2D eigenvalue weighted by atomic mass is 79.9. The number of H-pyrrole nitrogens is 1. The van der Waals surface area contributed by atoms with Crippen LogP contribution < -0.4 is 5.32 Å². The second-order valence-electron chi connectivity index (χ2n) is 6.28. The number of aromatic nitrogens is 2. The van der Waals surface area contributed by atoms with Gasteiger partial charge in [-0.3, -0.25) is 5.32 Å². The lowest BCUT2D eigenvalue weighted by Crippen LogP contribution is -2.38. The number of likely N-dealkylation sites (tertiary alicyclic amines) is 1. The molecule has 2 amide bonds. The monoisotopic (exact) mass is 398 g/mol. The molecule has 0 aliphatic carbocycles. The van der Waals surface area contributed by atoms with E-state index in [4.69, 9.17) is 0 Å². The van der Waals surface area contributed by atoms with E-state index in [9.17, 15) is 4.79 Å². The zero-order valence-corrected chi connectivity index (χ0v) is 15.3. The van der Waals surface area contributed by atoms with E-state index in [-0.39, 0.29) is 6.03 Å². The van der Waals surface area contributed by atoms with E-state index in [0.717, 1.165) is 52.6 Å². The summed E-state index contributed by atoms with van der Waals surface area (Å²) >= 11 is 3.61. The number of carbonyl (C=O) groups is 1. The smallest absolute Gasteiger partial charge is 0.324 e. The highest BCUT2D eigenvalue weighted by molar-refractivity contribution is 9.10. The number of halogens is 1. The number of nitrogens with one attached hydrogen (secondary N) is 2. The summed E-state index contributed by atoms with van der Waals surface area (Å²) < 4.78 is 0.926. The third-order valence-corrected chi connectivity index (χ3v) is 5.15. The maximum absolute atomic E-state index is 12.4. The molecule has 0 radical (unpaired) electrons. The first kappa shape index (κ1) is 16.1. The Kier molecular flexibility index (Phi) is 4.44. The topological polar surface area (TPSA) is 61.0 Å². The van der Waals surface area contributed by atoms with Crippen molar-refractivity contribution in [2.45, 2.75) is 19.3 Å². The van der Waals surface area contributed by atoms with E-state index >= 15 is 0 Å². The standard InChI is InChI=1S/C19H19BrN4O/c20-15-11-14(13-7-3-1-4-8-13)12-16-17(15)22-18(21-16)23-19(25)24-9-5-2-6-10-24/h1,3-4,7-8,11-12H,2,5-6,9-10H2,(H2,21,22,23,25). The van der Waals surface area contributed by atoms with Gasteiger partial charge in [-0.2, -0.15) is 0 Å². The number of carbonyl (C=O) groups excluding carboxylic acids is 1. The number of aromatic amines is 1. The lowest BCUT2D eigenvalue weighted by atomic mass is 10.1. The summed E-state index contributed by atoms with van der Waals surface area (Å²) in [5, 5.41) is 2.89. The van der Waals surface area contributed by atoms with Crippen molar-refractivity contribution < 1.29 is 4.79 Å². The molecular formula is C19H19BrN4O. The molecule has 0 spiro atoms. The lowest BCUT2D eigenvalue weighted by Gasteiger charge is -2.26. The number of anilines is 1. The number of benzene rings is 2. The Bertz CT molecular complexity index is 900. The lowest BCUT2D eigenvalue weighted by molar-refractivity contribution is 0.200. The summed E-state index contributed by atoms with van der Waals surface area (Å²) in [5.74, 6) is 0.483. The third kappa shape index (κ3) is 3.39. The summed E-state index contributed by atoms with van der Waals surface area (Å²) in [7, 11) is 0. The largest absolute Gasteiger partial charge is 0.324 e. The van der Waals surface area contributed by atoms with Gasteiger partial charge in [-0.1, -0.05) is 30.3 Å². The highest BCUT2D eigenvalue weighted by Gasteiger charge is 2.18. The van der Waals surface area contributed by atoms with E-state index in [2.05, 4.69) is 49.4 Å². The number of fused-ring (bicyclic) bond motifs is 1. The summed E-state index contributed by atoms with van der Waals surface area (Å²) in [6, 6.07) is 14.2. The van der Waals surface area contributed by atoms with E-state index in [0.29, 0.717) is 5.95 Å². The number of urea groups is 1. The van der Waals surface area contributed by atoms with Crippen molar-refractivity contribution in [3.8, 4) is 11.1 Å². The average Bonchev–Trinajstić information content (AvgIpc) is 3.06. The van der Waals surface area contributed by atoms with Gasteiger partial charge in [-0.25, -0.2) is 9.78 Å². The van der Waals surface area contributed by atoms with E-state index in [1.807, 2.05) is 29.2 Å². The van der Waals surface area contributed by atoms with Crippen LogP contribution in [0.5, 0.6) is 0 Å². The zero-order chi connectivity index (χ0) is 17.2. The summed E-state index contributed by atoms with van der Waals surface area (Å²) in [6.07, 6.45) is 3.34. The van der Waals surface area contributed by atoms with E-state index in [1.54, 1.807) is 0 Å². The summed E-state index contributed by atoms with van der Waals surface area (Å²) in [6.45, 7) is 1.63. The summed E-state index contributed by atoms with van der Waals surface area (Å²) in [4.78, 5) is 22.0. The summed E-state index contributed by atoms with van der Waals surface area (Å²) in [5.41, 5.74) is 3.92. The number of hydrogen-bond donors (Lipinski definition) is 2. The Balaban J connectivity index is 1.61. The van der Waals surface area contributed by atoms with Gasteiger partial charge >= 0.3 is 6.03 Å². The molecule has 2 N–H and O–H groups in total. The Hall–Kier alpha value is -2.34. The second-order valence-corrected chi connectivity index (χ2v) is 7.14. The predicted molar refractivity (Wildman–Crippen MR) is 104 cm³/mol. The number of nitrogens with zero attached hydrogens (tertiary/aromatic N) is 2. The van der Waals surface area contributed by atoms with Crippen molar-refractivity contribution in [1.29, 1.82) is 0 Å². The van der Waals surface area contributed by atoms with Crippen LogP contribution in [0.3, 0.4) is 0 Å². The normalized spacial score (nSPS) is 14.7. The van der Waals surface area contributed by atoms with Gasteiger partial charge < -0.3 is 9.88 Å². The SMILES string of the molecule is O=C(Nc1nc2cc(-c3ccccc3)cc(Br)c2[nH]1)N1CCCCC1. The predicted octanol–water partition coefficient (Wildman–Crippen LogP) is 5.01. The average molecular weight is 399 g/mol. The second kappa shape index (κ2) is 6.88. The Morgan fingerprint density at radius 3 is 2.60 bits per heavy atom. The molecule has 1 aliphatic rings. The molecule has 0 bridgehead atoms. The molecule has 0 atom stereocenters. The van der Waals surface area contributed by atoms with Crippen LogP contribution in [0.4, 0.5) is 10.7 Å². The minimum Gasteiger partial charge on any atom is -0.324 e. The first-order valence-electron chi connectivity index (χ1n) is 8.51. The number of rotatable bonds is 2. The van der Waals surface area contributed by atoms with Crippen molar-refractivity contribution >= 4 is 38.9 Å². The maximum atomic E-state index is 12.4. The number of piperidine rings is 1. The van der Waals surface area contributed by atoms with Gasteiger partial charge in [0.05, 0.1) is 11.0 Å². The molecule has 25 heavy (non-hydrogen) atoms. The van der Waals surface area contributed by atoms with Gasteiger partial charge in [0.15, 0.2) is 0 Å². The molecule has 2 heterocycles. The van der Waals surface area contributed by atoms with Crippen LogP contribution in [0.25, 0.3) is 22.2 Å². The van der Waals surface area contributed by atoms with Crippen LogP contribution in [-0.2, 0) is 0 Å². The number of hydrogen-bond acceptors (Lipinski definition) is 2. The van der Waals surface area contributed by atoms with Crippen LogP contribution in [0, 0.1) is 0 Å². The molecule has 1 aromatic heterocycles. The van der Waals surface area contributed by atoms with Crippen LogP contribution in [0.1, 0.15) is 19.3 Å². The van der Waals surface area contributed by atoms with Crippen LogP contribution in [0.15, 0.2) is 46.9 Å². The fraction of sp³-hybridized carbons (Fsp3) is 0.263. The minimum absolute atomic E-state index is 0.0850. The number of imidazole rings is 1. The number of amides is 2. The first-order valence-corrected chi connectivity index (χ1v) is 9.30. The fourth-order valence-corrected chi connectivity index (χ4v) is 3.75. The van der Waals surface area contributed by atoms with Gasteiger partial charge in [0.1, 0.15) is 0 Å². The molecule has 1 fully saturated rings. The minimum atomic E-state index is -0.0850. The van der Waals surface area contributed by atoms with Gasteiger partial charge in [-0.05, 0) is 58.5 Å². The van der Waals surface area contributed by atoms with Crippen molar-refractivity contribution in [1.82, 2.24) is 14.9 Å². The van der Waals surface area contributed by atoms with Crippen molar-refractivity contribution in [3.05, 3.63) is 46.9 Å². The zero-order valence-electron chi connectivity index (χ0n) is 13.8. The fourth-order valence-electron chi connectivity index (χ4n) is 3.20. The molecule has 5 nitrogen and oxygen atoms in total. The van der Waals surface area contributed by atoms with Crippen molar-refractivity contribution in [2.24, 2.45) is 0 Å². The van der Waals surface area contributed by atoms with Gasteiger partial charge in [0, 0.05) is 17.6 Å². The Morgan fingerprint density at radius 1 is 1.08 bits per heavy atom. The molecule has 1 saturated heterocycles. The van der Waals surface area contributed by atoms with Gasteiger partial charge in [-0.15, -0.1) is 0 Å². The van der Waals surface area contributed by atoms with Crippen LogP contribution >= 0.6 is 15.9 Å². The van der Waals surface area contributed by atoms with Gasteiger partial charge in [0.25, 0.3) is 0 Å². The third-order valence-electron chi connectivity index (χ3n) is 4.52. The van der Waals surface area contributed by atoms with Crippen LogP contribution in [-0.4, -0.2) is 34.0 Å². The molecule has 3 aromatic rings. The molecular weight excluding hydrogens is 380 g/mol.